The molecule has 0 N–H and O–H groups in total. The molecule has 0 bridgehead atoms. The summed E-state index contributed by atoms with van der Waals surface area (Å²) in [7, 11) is 9.31. The quantitative estimate of drug-likeness (QED) is 0.159. The van der Waals surface area contributed by atoms with Crippen LogP contribution >= 0.6 is 9.24 Å². The fraction of sp³-hybridized carbons (Fsp3) is 0.400. The Hall–Kier alpha value is -3.13. The zero-order chi connectivity index (χ0) is 27.2. The van der Waals surface area contributed by atoms with Crippen LogP contribution in [-0.4, -0.2) is 36.2 Å². The number of aryl methyl sites for hydroxylation is 1. The van der Waals surface area contributed by atoms with Crippen LogP contribution in [-0.2, 0) is 26.9 Å². The van der Waals surface area contributed by atoms with Crippen LogP contribution in [0.1, 0.15) is 45.4 Å². The number of aromatic nitrogens is 2. The van der Waals surface area contributed by atoms with E-state index in [0.29, 0.717) is 28.1 Å². The summed E-state index contributed by atoms with van der Waals surface area (Å²) in [4.78, 5) is 37.6. The molecule has 1 heterocycles. The van der Waals surface area contributed by atoms with E-state index >= 15 is 0 Å². The molecule has 1 aromatic heterocycles. The normalized spacial score (nSPS) is 13.8. The van der Waals surface area contributed by atoms with Gasteiger partial charge < -0.3 is 14.2 Å². The van der Waals surface area contributed by atoms with Gasteiger partial charge in [-0.15, -0.1) is 9.24 Å². The minimum absolute atomic E-state index is 0.235. The van der Waals surface area contributed by atoms with Crippen LogP contribution in [0, 0.1) is 6.92 Å². The van der Waals surface area contributed by atoms with Crippen molar-refractivity contribution in [3.63, 3.8) is 0 Å². The molecule has 0 saturated carbocycles. The monoisotopic (exact) mass is 516 g/mol. The predicted molar refractivity (Wildman–Crippen MR) is 141 cm³/mol. The molecule has 1 aromatic carbocycles. The number of alkyl halides is 1. The van der Waals surface area contributed by atoms with E-state index in [1.54, 1.807) is 32.9 Å². The van der Waals surface area contributed by atoms with Crippen LogP contribution in [0.25, 0.3) is 5.69 Å². The number of rotatable bonds is 10. The first-order valence-corrected chi connectivity index (χ1v) is 11.9. The smallest absolute Gasteiger partial charge is 0.344 e. The first-order chi connectivity index (χ1) is 16.8. The van der Waals surface area contributed by atoms with Crippen LogP contribution in [0.2, 0.25) is 0 Å². The molecule has 0 amide bonds. The molecule has 0 aliphatic carbocycles. The lowest BCUT2D eigenvalue weighted by molar-refractivity contribution is -0.147. The van der Waals surface area contributed by atoms with Crippen molar-refractivity contribution in [1.82, 2.24) is 9.13 Å². The van der Waals surface area contributed by atoms with E-state index in [0.717, 1.165) is 28.5 Å². The first-order valence-electron chi connectivity index (χ1n) is 11.4. The summed E-state index contributed by atoms with van der Waals surface area (Å²) in [6, 6.07) is 4.26. The Balaban J connectivity index is 2.60. The van der Waals surface area contributed by atoms with E-state index in [1.807, 2.05) is 13.0 Å². The second kappa shape index (κ2) is 12.2. The fourth-order valence-corrected chi connectivity index (χ4v) is 3.79. The summed E-state index contributed by atoms with van der Waals surface area (Å²) in [5.74, 6) is 0.505. The highest BCUT2D eigenvalue weighted by Crippen LogP contribution is 2.25. The van der Waals surface area contributed by atoms with Gasteiger partial charge >= 0.3 is 11.7 Å². The lowest BCUT2D eigenvalue weighted by Gasteiger charge is -2.21. The molecule has 2 unspecified atom stereocenters. The summed E-state index contributed by atoms with van der Waals surface area (Å²) in [6.07, 6.45) is 4.28. The standard InChI is InChI=1S/C25H31BFN2O6P/c1-7-9-10-18(16(4)34-14-23(31)33-8-2)35-19-12-17(20(36)11-15(19)3)29-22(30)13-21(25(5,26)27)28(6)24(29)32/h9-13H,7-8,14,36H2,1-6H3/b10-9-,18-16-. The number of carbonyl (C=O) groups is 1. The van der Waals surface area contributed by atoms with E-state index in [1.165, 1.54) is 13.1 Å². The number of carbonyl (C=O) groups excluding carboxylic acids is 1. The average molecular weight is 516 g/mol. The van der Waals surface area contributed by atoms with E-state index in [2.05, 4.69) is 9.24 Å². The third-order valence-corrected chi connectivity index (χ3v) is 5.63. The van der Waals surface area contributed by atoms with Crippen LogP contribution in [0.15, 0.2) is 51.5 Å². The summed E-state index contributed by atoms with van der Waals surface area (Å²) < 4.78 is 32.8. The number of allylic oxidation sites excluding steroid dienone is 3. The fourth-order valence-electron chi connectivity index (χ4n) is 3.33. The highest BCUT2D eigenvalue weighted by Gasteiger charge is 2.25. The highest BCUT2D eigenvalue weighted by atomic mass is 31.0. The van der Waals surface area contributed by atoms with Gasteiger partial charge in [0.2, 0.25) is 0 Å². The van der Waals surface area contributed by atoms with E-state index in [-0.39, 0.29) is 24.6 Å². The first kappa shape index (κ1) is 29.1. The molecule has 2 atom stereocenters. The van der Waals surface area contributed by atoms with E-state index in [9.17, 15) is 18.8 Å². The van der Waals surface area contributed by atoms with Crippen molar-refractivity contribution < 1.29 is 23.4 Å². The van der Waals surface area contributed by atoms with Gasteiger partial charge in [0.1, 0.15) is 24.9 Å². The zero-order valence-electron chi connectivity index (χ0n) is 21.4. The third kappa shape index (κ3) is 6.97. The number of benzene rings is 1. The largest absolute Gasteiger partial charge is 0.483 e. The van der Waals surface area contributed by atoms with Crippen LogP contribution < -0.4 is 21.3 Å². The molecule has 0 fully saturated rings. The molecule has 11 heteroatoms. The molecule has 2 radical (unpaired) electrons. The van der Waals surface area contributed by atoms with Gasteiger partial charge in [0, 0.05) is 19.2 Å². The topological polar surface area (TPSA) is 88.8 Å². The van der Waals surface area contributed by atoms with E-state index < -0.39 is 22.8 Å². The Bertz CT molecular complexity index is 1310. The lowest BCUT2D eigenvalue weighted by Crippen LogP contribution is -2.42. The molecule has 0 saturated heterocycles. The number of esters is 1. The van der Waals surface area contributed by atoms with Gasteiger partial charge in [-0.3, -0.25) is 9.36 Å². The van der Waals surface area contributed by atoms with Gasteiger partial charge in [0.25, 0.3) is 5.56 Å². The van der Waals surface area contributed by atoms with Gasteiger partial charge in [-0.05, 0) is 57.1 Å². The zero-order valence-corrected chi connectivity index (χ0v) is 22.5. The van der Waals surface area contributed by atoms with Gasteiger partial charge in [0.15, 0.2) is 12.4 Å². The summed E-state index contributed by atoms with van der Waals surface area (Å²) in [5, 5.41) is 0.549. The number of hydrogen-bond donors (Lipinski definition) is 0. The van der Waals surface area contributed by atoms with Crippen LogP contribution in [0.5, 0.6) is 5.75 Å². The highest BCUT2D eigenvalue weighted by molar-refractivity contribution is 7.27. The summed E-state index contributed by atoms with van der Waals surface area (Å²) >= 11 is 0. The van der Waals surface area contributed by atoms with Crippen molar-refractivity contribution in [1.29, 1.82) is 0 Å². The molecule has 2 aromatic rings. The van der Waals surface area contributed by atoms with Crippen molar-refractivity contribution in [2.75, 3.05) is 13.2 Å². The summed E-state index contributed by atoms with van der Waals surface area (Å²) in [5.41, 5.74) is -3.17. The van der Waals surface area contributed by atoms with Gasteiger partial charge in [-0.1, -0.05) is 13.0 Å². The molecular weight excluding hydrogens is 485 g/mol. The molecule has 0 spiro atoms. The second-order valence-corrected chi connectivity index (χ2v) is 8.85. The Labute approximate surface area is 213 Å². The maximum absolute atomic E-state index is 14.3. The van der Waals surface area contributed by atoms with Crippen LogP contribution in [0.3, 0.4) is 0 Å². The van der Waals surface area contributed by atoms with Crippen molar-refractivity contribution in [3.05, 3.63) is 74.0 Å². The molecule has 0 aliphatic heterocycles. The second-order valence-electron chi connectivity index (χ2n) is 8.22. The minimum Gasteiger partial charge on any atom is -0.483 e. The third-order valence-electron chi connectivity index (χ3n) is 5.17. The van der Waals surface area contributed by atoms with Crippen molar-refractivity contribution in [3.8, 4) is 11.4 Å². The molecule has 0 aliphatic rings. The lowest BCUT2D eigenvalue weighted by atomic mass is 9.82. The van der Waals surface area contributed by atoms with Gasteiger partial charge in [-0.2, -0.15) is 0 Å². The molecule has 8 nitrogen and oxygen atoms in total. The Morgan fingerprint density at radius 1 is 1.22 bits per heavy atom. The number of halogens is 1. The van der Waals surface area contributed by atoms with E-state index in [4.69, 9.17) is 22.1 Å². The maximum Gasteiger partial charge on any atom is 0.344 e. The van der Waals surface area contributed by atoms with Gasteiger partial charge in [-0.25, -0.2) is 18.5 Å². The van der Waals surface area contributed by atoms with Crippen molar-refractivity contribution in [2.45, 2.75) is 46.6 Å². The molecular formula is C25H31BFN2O6P. The number of hydrogen-bond acceptors (Lipinski definition) is 6. The molecule has 36 heavy (non-hydrogen) atoms. The number of ether oxygens (including phenoxy) is 3. The molecule has 2 rings (SSSR count). The number of nitrogens with zero attached hydrogens (tertiary/aromatic N) is 2. The predicted octanol–water partition coefficient (Wildman–Crippen LogP) is 2.81. The summed E-state index contributed by atoms with van der Waals surface area (Å²) in [6.45, 7) is 8.12. The van der Waals surface area contributed by atoms with Crippen molar-refractivity contribution >= 4 is 28.4 Å². The Morgan fingerprint density at radius 2 is 1.89 bits per heavy atom. The maximum atomic E-state index is 14.3. The van der Waals surface area contributed by atoms with Gasteiger partial charge in [0.05, 0.1) is 18.0 Å². The Morgan fingerprint density at radius 3 is 2.47 bits per heavy atom. The van der Waals surface area contributed by atoms with Crippen LogP contribution in [0.4, 0.5) is 4.39 Å². The minimum atomic E-state index is -2.37. The van der Waals surface area contributed by atoms with Crippen molar-refractivity contribution in [2.24, 2.45) is 7.05 Å². The SMILES string of the molecule is [B]C(C)(F)c1cc(=O)n(-c2cc(OC(/C=C\CC)=C(/C)OCC(=O)OCC)c(C)cc2P)c(=O)n1C. The average Bonchev–Trinajstić information content (AvgIpc) is 2.79. The molecule has 192 valence electrons. The Kier molecular flexibility index (Phi) is 9.88.